The fourth-order valence-corrected chi connectivity index (χ4v) is 2.72. The number of halogens is 2. The summed E-state index contributed by atoms with van der Waals surface area (Å²) in [4.78, 5) is 19.4. The largest absolute Gasteiger partial charge is 0.368 e. The van der Waals surface area contributed by atoms with Crippen LogP contribution >= 0.6 is 24.0 Å². The van der Waals surface area contributed by atoms with Crippen molar-refractivity contribution in [1.29, 1.82) is 0 Å². The summed E-state index contributed by atoms with van der Waals surface area (Å²) in [5, 5.41) is 3.63. The van der Waals surface area contributed by atoms with E-state index in [1.165, 1.54) is 6.20 Å². The average Bonchev–Trinajstić information content (AvgIpc) is 2.82. The standard InChI is InChI=1S/C10H11ClN4O.ClH/c11-8-4-13-3-7(14-8)10-2-5(10)1-6(15-10)9(12)16;/h3-6,15H,1-2H2,(H2,12,16);1H. The highest BCUT2D eigenvalue weighted by atomic mass is 35.5. The third-order valence-corrected chi connectivity index (χ3v) is 3.64. The molecule has 1 aromatic rings. The summed E-state index contributed by atoms with van der Waals surface area (Å²) in [7, 11) is 0. The molecule has 0 radical (unpaired) electrons. The summed E-state index contributed by atoms with van der Waals surface area (Å²) in [6.07, 6.45) is 4.96. The van der Waals surface area contributed by atoms with E-state index < -0.39 is 0 Å². The molecule has 3 N–H and O–H groups in total. The first-order valence-corrected chi connectivity index (χ1v) is 5.55. The van der Waals surface area contributed by atoms with Crippen molar-refractivity contribution in [2.45, 2.75) is 24.4 Å². The molecule has 0 bridgehead atoms. The third kappa shape index (κ3) is 1.88. The SMILES string of the molecule is Cl.NC(=O)C1CC2CC2(c2cncc(Cl)n2)N1. The zero-order valence-electron chi connectivity index (χ0n) is 8.89. The molecule has 1 aliphatic carbocycles. The number of nitrogens with two attached hydrogens (primary N) is 1. The maximum Gasteiger partial charge on any atom is 0.234 e. The van der Waals surface area contributed by atoms with Crippen LogP contribution in [-0.4, -0.2) is 21.9 Å². The molecule has 7 heteroatoms. The van der Waals surface area contributed by atoms with Crippen molar-refractivity contribution < 1.29 is 4.79 Å². The van der Waals surface area contributed by atoms with Crippen molar-refractivity contribution in [3.05, 3.63) is 23.2 Å². The number of amides is 1. The highest BCUT2D eigenvalue weighted by Gasteiger charge is 2.63. The van der Waals surface area contributed by atoms with Gasteiger partial charge < -0.3 is 5.73 Å². The van der Waals surface area contributed by atoms with Gasteiger partial charge in [0.15, 0.2) is 0 Å². The molecule has 0 spiro atoms. The summed E-state index contributed by atoms with van der Waals surface area (Å²) in [6, 6.07) is -0.250. The Morgan fingerprint density at radius 2 is 2.35 bits per heavy atom. The van der Waals surface area contributed by atoms with E-state index in [0.717, 1.165) is 18.5 Å². The molecular formula is C10H12Cl2N4O. The first kappa shape index (κ1) is 12.5. The lowest BCUT2D eigenvalue weighted by molar-refractivity contribution is -0.120. The quantitative estimate of drug-likeness (QED) is 0.828. The van der Waals surface area contributed by atoms with Crippen molar-refractivity contribution in [1.82, 2.24) is 15.3 Å². The van der Waals surface area contributed by atoms with Crippen molar-refractivity contribution >= 4 is 29.9 Å². The van der Waals surface area contributed by atoms with Crippen molar-refractivity contribution in [3.8, 4) is 0 Å². The number of primary amides is 1. The Labute approximate surface area is 110 Å². The lowest BCUT2D eigenvalue weighted by atomic mass is 10.1. The minimum Gasteiger partial charge on any atom is -0.368 e. The predicted molar refractivity (Wildman–Crippen MR) is 64.8 cm³/mol. The molecule has 0 aromatic carbocycles. The number of hydrogen-bond donors (Lipinski definition) is 2. The van der Waals surface area contributed by atoms with Crippen LogP contribution in [0, 0.1) is 5.92 Å². The Balaban J connectivity index is 0.00000108. The Hall–Kier alpha value is -0.910. The molecule has 2 heterocycles. The highest BCUT2D eigenvalue weighted by Crippen LogP contribution is 2.58. The van der Waals surface area contributed by atoms with E-state index in [-0.39, 0.29) is 29.9 Å². The Kier molecular flexibility index (Phi) is 3.01. The number of carbonyl (C=O) groups excluding carboxylic acids is 1. The maximum atomic E-state index is 11.1. The van der Waals surface area contributed by atoms with Gasteiger partial charge in [-0.15, -0.1) is 12.4 Å². The first-order valence-electron chi connectivity index (χ1n) is 5.17. The normalized spacial score (nSPS) is 33.7. The van der Waals surface area contributed by atoms with Crippen LogP contribution in [0.2, 0.25) is 5.15 Å². The molecule has 1 amide bonds. The fourth-order valence-electron chi connectivity index (χ4n) is 2.58. The second-order valence-electron chi connectivity index (χ2n) is 4.43. The molecule has 5 nitrogen and oxygen atoms in total. The van der Waals surface area contributed by atoms with E-state index in [9.17, 15) is 4.79 Å². The van der Waals surface area contributed by atoms with Gasteiger partial charge in [0.2, 0.25) is 5.91 Å². The van der Waals surface area contributed by atoms with Gasteiger partial charge >= 0.3 is 0 Å². The molecule has 1 saturated heterocycles. The average molecular weight is 275 g/mol. The zero-order valence-corrected chi connectivity index (χ0v) is 10.5. The first-order chi connectivity index (χ1) is 7.62. The maximum absolute atomic E-state index is 11.1. The van der Waals surface area contributed by atoms with Gasteiger partial charge in [-0.2, -0.15) is 0 Å². The number of aromatic nitrogens is 2. The van der Waals surface area contributed by atoms with Crippen LogP contribution in [0.3, 0.4) is 0 Å². The van der Waals surface area contributed by atoms with Crippen molar-refractivity contribution in [2.24, 2.45) is 11.7 Å². The van der Waals surface area contributed by atoms with Gasteiger partial charge in [0.25, 0.3) is 0 Å². The third-order valence-electron chi connectivity index (χ3n) is 3.46. The Morgan fingerprint density at radius 3 is 2.94 bits per heavy atom. The van der Waals surface area contributed by atoms with E-state index in [1.54, 1.807) is 6.20 Å². The van der Waals surface area contributed by atoms with Crippen LogP contribution in [0.5, 0.6) is 0 Å². The Bertz CT molecular complexity index is 469. The predicted octanol–water partition coefficient (Wildman–Crippen LogP) is 0.614. The molecular weight excluding hydrogens is 263 g/mol. The van der Waals surface area contributed by atoms with Gasteiger partial charge in [0, 0.05) is 0 Å². The molecule has 2 aliphatic rings. The summed E-state index contributed by atoms with van der Waals surface area (Å²) >= 11 is 5.81. The molecule has 1 aromatic heterocycles. The highest BCUT2D eigenvalue weighted by molar-refractivity contribution is 6.29. The zero-order chi connectivity index (χ0) is 11.3. The van der Waals surface area contributed by atoms with Crippen LogP contribution in [0.1, 0.15) is 18.5 Å². The monoisotopic (exact) mass is 274 g/mol. The van der Waals surface area contributed by atoms with E-state index in [4.69, 9.17) is 17.3 Å². The van der Waals surface area contributed by atoms with Gasteiger partial charge in [-0.25, -0.2) is 4.98 Å². The summed E-state index contributed by atoms with van der Waals surface area (Å²) < 4.78 is 0. The van der Waals surface area contributed by atoms with E-state index in [1.807, 2.05) is 0 Å². The number of rotatable bonds is 2. The van der Waals surface area contributed by atoms with Crippen LogP contribution in [0.4, 0.5) is 0 Å². The molecule has 3 atom stereocenters. The number of carbonyl (C=O) groups is 1. The number of fused-ring (bicyclic) bond motifs is 1. The Morgan fingerprint density at radius 1 is 1.59 bits per heavy atom. The molecule has 1 saturated carbocycles. The van der Waals surface area contributed by atoms with Gasteiger partial charge in [0.1, 0.15) is 5.15 Å². The number of nitrogens with zero attached hydrogens (tertiary/aromatic N) is 2. The lowest BCUT2D eigenvalue weighted by Crippen LogP contribution is -2.42. The molecule has 2 fully saturated rings. The molecule has 1 aliphatic heterocycles. The second-order valence-corrected chi connectivity index (χ2v) is 4.82. The van der Waals surface area contributed by atoms with E-state index in [0.29, 0.717) is 11.1 Å². The number of nitrogens with one attached hydrogen (secondary N) is 1. The van der Waals surface area contributed by atoms with Crippen molar-refractivity contribution in [2.75, 3.05) is 0 Å². The van der Waals surface area contributed by atoms with E-state index >= 15 is 0 Å². The summed E-state index contributed by atoms with van der Waals surface area (Å²) in [5.41, 5.74) is 5.89. The topological polar surface area (TPSA) is 80.9 Å². The smallest absolute Gasteiger partial charge is 0.234 e. The van der Waals surface area contributed by atoms with Gasteiger partial charge in [-0.05, 0) is 18.8 Å². The van der Waals surface area contributed by atoms with Gasteiger partial charge in [-0.3, -0.25) is 15.1 Å². The number of hydrogen-bond acceptors (Lipinski definition) is 4. The number of piperidine rings is 1. The summed E-state index contributed by atoms with van der Waals surface area (Å²) in [6.45, 7) is 0. The fraction of sp³-hybridized carbons (Fsp3) is 0.500. The van der Waals surface area contributed by atoms with Crippen LogP contribution in [-0.2, 0) is 10.3 Å². The minimum atomic E-state index is -0.304. The van der Waals surface area contributed by atoms with Crippen LogP contribution < -0.4 is 11.1 Å². The summed E-state index contributed by atoms with van der Waals surface area (Å²) in [5.74, 6) is 0.124. The van der Waals surface area contributed by atoms with Gasteiger partial charge in [0.05, 0.1) is 29.7 Å². The van der Waals surface area contributed by atoms with Crippen molar-refractivity contribution in [3.63, 3.8) is 0 Å². The minimum absolute atomic E-state index is 0. The molecule has 3 unspecified atom stereocenters. The molecule has 92 valence electrons. The van der Waals surface area contributed by atoms with Crippen LogP contribution in [0.15, 0.2) is 12.4 Å². The molecule has 17 heavy (non-hydrogen) atoms. The second kappa shape index (κ2) is 4.08. The van der Waals surface area contributed by atoms with E-state index in [2.05, 4.69) is 15.3 Å². The van der Waals surface area contributed by atoms with Crippen LogP contribution in [0.25, 0.3) is 0 Å². The molecule has 3 rings (SSSR count). The van der Waals surface area contributed by atoms with Gasteiger partial charge in [-0.1, -0.05) is 11.6 Å². The lowest BCUT2D eigenvalue weighted by Gasteiger charge is -2.16.